The Hall–Kier alpha value is -1.54. The summed E-state index contributed by atoms with van der Waals surface area (Å²) in [7, 11) is 1.81. The number of fused-ring (bicyclic) bond motifs is 1. The molecule has 128 valence electrons. The number of aliphatic imine (C=N–C) groups is 1. The van der Waals surface area contributed by atoms with Gasteiger partial charge in [0.25, 0.3) is 0 Å². The van der Waals surface area contributed by atoms with E-state index in [4.69, 9.17) is 0 Å². The fourth-order valence-corrected chi connectivity index (χ4v) is 3.41. The Labute approximate surface area is 163 Å². The quantitative estimate of drug-likeness (QED) is 0.310. The SMILES string of the molecule is CN=C(NCCc1c[nH]c2cccc(C)c12)NCc1cccs1.I. The summed E-state index contributed by atoms with van der Waals surface area (Å²) < 4.78 is 0. The highest BCUT2D eigenvalue weighted by molar-refractivity contribution is 14.0. The maximum atomic E-state index is 4.28. The average Bonchev–Trinajstić information content (AvgIpc) is 3.21. The van der Waals surface area contributed by atoms with Gasteiger partial charge in [-0.3, -0.25) is 4.99 Å². The van der Waals surface area contributed by atoms with Gasteiger partial charge >= 0.3 is 0 Å². The number of hydrogen-bond donors (Lipinski definition) is 3. The molecule has 2 aromatic heterocycles. The lowest BCUT2D eigenvalue weighted by atomic mass is 10.1. The van der Waals surface area contributed by atoms with Crippen LogP contribution < -0.4 is 10.6 Å². The van der Waals surface area contributed by atoms with Gasteiger partial charge in [0.05, 0.1) is 6.54 Å². The average molecular weight is 454 g/mol. The molecule has 0 fully saturated rings. The maximum absolute atomic E-state index is 4.28. The van der Waals surface area contributed by atoms with Crippen molar-refractivity contribution in [1.29, 1.82) is 0 Å². The fourth-order valence-electron chi connectivity index (χ4n) is 2.77. The zero-order valence-electron chi connectivity index (χ0n) is 13.9. The minimum atomic E-state index is 0. The second kappa shape index (κ2) is 9.08. The molecule has 3 rings (SSSR count). The predicted octanol–water partition coefficient (Wildman–Crippen LogP) is 4.06. The normalized spacial score (nSPS) is 11.3. The highest BCUT2D eigenvalue weighted by Crippen LogP contribution is 2.22. The third-order valence-electron chi connectivity index (χ3n) is 3.92. The summed E-state index contributed by atoms with van der Waals surface area (Å²) in [5, 5.41) is 10.2. The third kappa shape index (κ3) is 4.51. The Balaban J connectivity index is 0.00000208. The van der Waals surface area contributed by atoms with E-state index >= 15 is 0 Å². The second-order valence-electron chi connectivity index (χ2n) is 5.49. The van der Waals surface area contributed by atoms with E-state index in [1.54, 1.807) is 18.4 Å². The first kappa shape index (κ1) is 18.8. The van der Waals surface area contributed by atoms with Gasteiger partial charge in [-0.05, 0) is 42.0 Å². The van der Waals surface area contributed by atoms with E-state index in [9.17, 15) is 0 Å². The van der Waals surface area contributed by atoms with Crippen LogP contribution in [0.5, 0.6) is 0 Å². The van der Waals surface area contributed by atoms with Crippen molar-refractivity contribution in [2.24, 2.45) is 4.99 Å². The van der Waals surface area contributed by atoms with Crippen molar-refractivity contribution < 1.29 is 0 Å². The molecule has 0 aliphatic carbocycles. The van der Waals surface area contributed by atoms with Crippen molar-refractivity contribution in [3.05, 3.63) is 57.9 Å². The highest BCUT2D eigenvalue weighted by Gasteiger charge is 2.06. The van der Waals surface area contributed by atoms with E-state index in [0.29, 0.717) is 0 Å². The van der Waals surface area contributed by atoms with Gasteiger partial charge < -0.3 is 15.6 Å². The number of guanidine groups is 1. The van der Waals surface area contributed by atoms with Crippen molar-refractivity contribution in [1.82, 2.24) is 15.6 Å². The summed E-state index contributed by atoms with van der Waals surface area (Å²) >= 11 is 1.75. The van der Waals surface area contributed by atoms with Crippen LogP contribution in [-0.2, 0) is 13.0 Å². The van der Waals surface area contributed by atoms with Crippen molar-refractivity contribution in [2.45, 2.75) is 19.9 Å². The van der Waals surface area contributed by atoms with E-state index < -0.39 is 0 Å². The number of H-pyrrole nitrogens is 1. The van der Waals surface area contributed by atoms with Crippen LogP contribution in [0.1, 0.15) is 16.0 Å². The fraction of sp³-hybridized carbons (Fsp3) is 0.278. The van der Waals surface area contributed by atoms with Gasteiger partial charge in [-0.2, -0.15) is 0 Å². The lowest BCUT2D eigenvalue weighted by Crippen LogP contribution is -2.37. The number of hydrogen-bond acceptors (Lipinski definition) is 2. The lowest BCUT2D eigenvalue weighted by molar-refractivity contribution is 0.801. The molecule has 6 heteroatoms. The number of rotatable bonds is 5. The standard InChI is InChI=1S/C18H22N4S.HI/c1-13-5-3-7-16-17(13)14(11-21-16)8-9-20-18(19-2)22-12-15-6-4-10-23-15;/h3-7,10-11,21H,8-9,12H2,1-2H3,(H2,19,20,22);1H. The Morgan fingerprint density at radius 3 is 2.83 bits per heavy atom. The molecule has 24 heavy (non-hydrogen) atoms. The number of benzene rings is 1. The molecule has 0 spiro atoms. The van der Waals surface area contributed by atoms with Gasteiger partial charge in [-0.25, -0.2) is 0 Å². The van der Waals surface area contributed by atoms with E-state index in [1.807, 2.05) is 0 Å². The van der Waals surface area contributed by atoms with Gasteiger partial charge in [-0.1, -0.05) is 18.2 Å². The topological polar surface area (TPSA) is 52.2 Å². The number of aryl methyl sites for hydroxylation is 1. The zero-order chi connectivity index (χ0) is 16.1. The molecule has 0 aliphatic heterocycles. The van der Waals surface area contributed by atoms with Crippen LogP contribution in [0, 0.1) is 6.92 Å². The molecule has 0 atom stereocenters. The second-order valence-corrected chi connectivity index (χ2v) is 6.53. The first-order valence-electron chi connectivity index (χ1n) is 7.80. The predicted molar refractivity (Wildman–Crippen MR) is 115 cm³/mol. The van der Waals surface area contributed by atoms with Crippen molar-refractivity contribution in [3.63, 3.8) is 0 Å². The molecular weight excluding hydrogens is 431 g/mol. The van der Waals surface area contributed by atoms with Crippen LogP contribution in [-0.4, -0.2) is 24.5 Å². The third-order valence-corrected chi connectivity index (χ3v) is 4.79. The lowest BCUT2D eigenvalue weighted by Gasteiger charge is -2.11. The number of halogens is 1. The van der Waals surface area contributed by atoms with Crippen LogP contribution >= 0.6 is 35.3 Å². The van der Waals surface area contributed by atoms with Gasteiger partial charge in [0.15, 0.2) is 5.96 Å². The van der Waals surface area contributed by atoms with Gasteiger partial charge in [0.2, 0.25) is 0 Å². The summed E-state index contributed by atoms with van der Waals surface area (Å²) in [5.41, 5.74) is 3.87. The van der Waals surface area contributed by atoms with E-state index in [-0.39, 0.29) is 24.0 Å². The first-order valence-corrected chi connectivity index (χ1v) is 8.68. The van der Waals surface area contributed by atoms with Crippen LogP contribution in [0.2, 0.25) is 0 Å². The minimum absolute atomic E-state index is 0. The van der Waals surface area contributed by atoms with Crippen LogP contribution in [0.3, 0.4) is 0 Å². The molecule has 4 nitrogen and oxygen atoms in total. The highest BCUT2D eigenvalue weighted by atomic mass is 127. The van der Waals surface area contributed by atoms with E-state index in [1.165, 1.54) is 26.9 Å². The Morgan fingerprint density at radius 2 is 2.08 bits per heavy atom. The van der Waals surface area contributed by atoms with Crippen molar-refractivity contribution in [3.8, 4) is 0 Å². The summed E-state index contributed by atoms with van der Waals surface area (Å²) in [4.78, 5) is 8.94. The molecule has 1 aromatic carbocycles. The molecule has 2 heterocycles. The first-order chi connectivity index (χ1) is 11.3. The molecule has 3 N–H and O–H groups in total. The Morgan fingerprint density at radius 1 is 1.21 bits per heavy atom. The number of nitrogens with one attached hydrogen (secondary N) is 3. The number of thiophene rings is 1. The molecule has 3 aromatic rings. The van der Waals surface area contributed by atoms with Crippen LogP contribution in [0.25, 0.3) is 10.9 Å². The molecule has 0 saturated carbocycles. The largest absolute Gasteiger partial charge is 0.361 e. The minimum Gasteiger partial charge on any atom is -0.361 e. The Kier molecular flexibility index (Phi) is 7.11. The molecule has 0 amide bonds. The van der Waals surface area contributed by atoms with Gasteiger partial charge in [-0.15, -0.1) is 35.3 Å². The summed E-state index contributed by atoms with van der Waals surface area (Å²) in [6, 6.07) is 10.6. The van der Waals surface area contributed by atoms with Gasteiger partial charge in [0.1, 0.15) is 0 Å². The zero-order valence-corrected chi connectivity index (χ0v) is 17.1. The number of aromatic nitrogens is 1. The van der Waals surface area contributed by atoms with E-state index in [0.717, 1.165) is 25.5 Å². The Bertz CT molecular complexity index is 793. The molecule has 0 unspecified atom stereocenters. The van der Waals surface area contributed by atoms with Crippen LogP contribution in [0.4, 0.5) is 0 Å². The summed E-state index contributed by atoms with van der Waals surface area (Å²) in [6.45, 7) is 3.82. The monoisotopic (exact) mass is 454 g/mol. The number of nitrogens with zero attached hydrogens (tertiary/aromatic N) is 1. The summed E-state index contributed by atoms with van der Waals surface area (Å²) in [5.74, 6) is 0.843. The van der Waals surface area contributed by atoms with Crippen LogP contribution in [0.15, 0.2) is 46.9 Å². The van der Waals surface area contributed by atoms with Gasteiger partial charge in [0, 0.05) is 35.6 Å². The molecule has 0 radical (unpaired) electrons. The van der Waals surface area contributed by atoms with E-state index in [2.05, 4.69) is 69.4 Å². The maximum Gasteiger partial charge on any atom is 0.191 e. The smallest absolute Gasteiger partial charge is 0.191 e. The van der Waals surface area contributed by atoms with Crippen molar-refractivity contribution in [2.75, 3.05) is 13.6 Å². The van der Waals surface area contributed by atoms with Crippen molar-refractivity contribution >= 4 is 52.2 Å². The summed E-state index contributed by atoms with van der Waals surface area (Å²) in [6.07, 6.45) is 3.08. The number of aromatic amines is 1. The molecule has 0 saturated heterocycles. The molecule has 0 aliphatic rings. The molecular formula is C18H23IN4S. The molecule has 0 bridgehead atoms.